The van der Waals surface area contributed by atoms with E-state index < -0.39 is 0 Å². The molecule has 1 amide bonds. The lowest BCUT2D eigenvalue weighted by Crippen LogP contribution is -2.47. The first-order chi connectivity index (χ1) is 15.5. The highest BCUT2D eigenvalue weighted by atomic mass is 16.5. The number of hydrogen-bond donors (Lipinski definition) is 0. The second kappa shape index (κ2) is 10.0. The fraction of sp³-hybridized carbons (Fsp3) is 0.321. The normalized spacial score (nSPS) is 14.8. The summed E-state index contributed by atoms with van der Waals surface area (Å²) in [6.45, 7) is 6.95. The van der Waals surface area contributed by atoms with Crippen LogP contribution in [0.1, 0.15) is 39.9 Å². The molecule has 3 aromatic rings. The summed E-state index contributed by atoms with van der Waals surface area (Å²) < 4.78 is 5.36. The first kappa shape index (κ1) is 22.1. The molecule has 0 radical (unpaired) electrons. The van der Waals surface area contributed by atoms with Crippen LogP contribution in [0.3, 0.4) is 0 Å². The number of benzene rings is 3. The van der Waals surface area contributed by atoms with Gasteiger partial charge in [-0.1, -0.05) is 42.0 Å². The second-order valence-electron chi connectivity index (χ2n) is 8.74. The number of hydrogen-bond acceptors (Lipinski definition) is 3. The van der Waals surface area contributed by atoms with E-state index in [9.17, 15) is 4.79 Å². The van der Waals surface area contributed by atoms with Crippen molar-refractivity contribution in [3.05, 3.63) is 95.1 Å². The molecule has 0 spiro atoms. The van der Waals surface area contributed by atoms with Gasteiger partial charge in [0.1, 0.15) is 5.75 Å². The summed E-state index contributed by atoms with van der Waals surface area (Å²) in [5, 5.41) is 0. The van der Waals surface area contributed by atoms with E-state index in [1.54, 1.807) is 7.11 Å². The predicted molar refractivity (Wildman–Crippen MR) is 130 cm³/mol. The van der Waals surface area contributed by atoms with Crippen molar-refractivity contribution in [1.82, 2.24) is 4.90 Å². The molecule has 0 bridgehead atoms. The largest absolute Gasteiger partial charge is 0.497 e. The maximum atomic E-state index is 13.6. The number of anilines is 1. The lowest BCUT2D eigenvalue weighted by atomic mass is 9.99. The number of piperidine rings is 1. The van der Waals surface area contributed by atoms with Crippen LogP contribution in [0.2, 0.25) is 0 Å². The number of nitrogens with zero attached hydrogens (tertiary/aromatic N) is 2. The second-order valence-corrected chi connectivity index (χ2v) is 8.74. The monoisotopic (exact) mass is 428 g/mol. The lowest BCUT2D eigenvalue weighted by Gasteiger charge is -2.39. The van der Waals surface area contributed by atoms with E-state index in [0.717, 1.165) is 55.0 Å². The molecule has 4 rings (SSSR count). The molecule has 0 saturated carbocycles. The van der Waals surface area contributed by atoms with Gasteiger partial charge in [-0.05, 0) is 74.2 Å². The summed E-state index contributed by atoms with van der Waals surface area (Å²) in [5.74, 6) is 0.980. The Morgan fingerprint density at radius 3 is 2.34 bits per heavy atom. The van der Waals surface area contributed by atoms with Crippen molar-refractivity contribution in [2.45, 2.75) is 39.3 Å². The first-order valence-electron chi connectivity index (χ1n) is 11.4. The van der Waals surface area contributed by atoms with Gasteiger partial charge in [-0.2, -0.15) is 0 Å². The predicted octanol–water partition coefficient (Wildman–Crippen LogP) is 5.62. The van der Waals surface area contributed by atoms with Crippen molar-refractivity contribution >= 4 is 11.6 Å². The molecule has 3 aromatic carbocycles. The fourth-order valence-electron chi connectivity index (χ4n) is 4.47. The van der Waals surface area contributed by atoms with Crippen LogP contribution < -0.4 is 9.64 Å². The van der Waals surface area contributed by atoms with Gasteiger partial charge in [-0.15, -0.1) is 0 Å². The molecule has 1 fully saturated rings. The van der Waals surface area contributed by atoms with Gasteiger partial charge < -0.3 is 9.64 Å². The Morgan fingerprint density at radius 1 is 0.938 bits per heavy atom. The zero-order valence-corrected chi connectivity index (χ0v) is 19.3. The van der Waals surface area contributed by atoms with Gasteiger partial charge in [-0.3, -0.25) is 9.69 Å². The number of carbonyl (C=O) groups is 1. The first-order valence-corrected chi connectivity index (χ1v) is 11.4. The molecule has 0 atom stereocenters. The van der Waals surface area contributed by atoms with Crippen molar-refractivity contribution in [2.24, 2.45) is 0 Å². The molecule has 0 aliphatic carbocycles. The maximum Gasteiger partial charge on any atom is 0.258 e. The molecule has 1 heterocycles. The highest BCUT2D eigenvalue weighted by Crippen LogP contribution is 2.28. The summed E-state index contributed by atoms with van der Waals surface area (Å²) in [4.78, 5) is 18.1. The third-order valence-electron chi connectivity index (χ3n) is 6.26. The SMILES string of the molecule is COc1cccc(CN2CCC(N(C(=O)c3ccc(C)cc3)c3cccc(C)c3)CC2)c1. The van der Waals surface area contributed by atoms with Crippen LogP contribution in [0.15, 0.2) is 72.8 Å². The van der Waals surface area contributed by atoms with E-state index in [2.05, 4.69) is 42.2 Å². The Labute approximate surface area is 191 Å². The quantitative estimate of drug-likeness (QED) is 0.511. The maximum absolute atomic E-state index is 13.6. The molecule has 32 heavy (non-hydrogen) atoms. The number of ether oxygens (including phenoxy) is 1. The average molecular weight is 429 g/mol. The summed E-state index contributed by atoms with van der Waals surface area (Å²) >= 11 is 0. The number of likely N-dealkylation sites (tertiary alicyclic amines) is 1. The smallest absolute Gasteiger partial charge is 0.258 e. The molecular weight excluding hydrogens is 396 g/mol. The van der Waals surface area contributed by atoms with Gasteiger partial charge in [0.2, 0.25) is 0 Å². The molecule has 0 N–H and O–H groups in total. The minimum absolute atomic E-state index is 0.0850. The van der Waals surface area contributed by atoms with Crippen LogP contribution in [0, 0.1) is 13.8 Å². The van der Waals surface area contributed by atoms with Crippen LogP contribution in [-0.4, -0.2) is 37.0 Å². The van der Waals surface area contributed by atoms with E-state index in [1.165, 1.54) is 11.1 Å². The molecule has 4 heteroatoms. The van der Waals surface area contributed by atoms with Gasteiger partial charge in [0.05, 0.1) is 7.11 Å². The third kappa shape index (κ3) is 5.20. The van der Waals surface area contributed by atoms with Gasteiger partial charge >= 0.3 is 0 Å². The Balaban J connectivity index is 1.51. The van der Waals surface area contributed by atoms with Crippen molar-refractivity contribution in [3.63, 3.8) is 0 Å². The topological polar surface area (TPSA) is 32.8 Å². The Morgan fingerprint density at radius 2 is 1.66 bits per heavy atom. The molecular formula is C28H32N2O2. The number of amides is 1. The Bertz CT molecular complexity index is 1050. The standard InChI is InChI=1S/C28H32N2O2/c1-21-10-12-24(13-11-21)28(31)30(26-8-4-6-22(2)18-26)25-14-16-29(17-15-25)20-23-7-5-9-27(19-23)32-3/h4-13,18-19,25H,14-17,20H2,1-3H3. The highest BCUT2D eigenvalue weighted by Gasteiger charge is 2.30. The number of carbonyl (C=O) groups excluding carboxylic acids is 1. The minimum atomic E-state index is 0.0850. The van der Waals surface area contributed by atoms with Crippen LogP contribution in [0.25, 0.3) is 0 Å². The summed E-state index contributed by atoms with van der Waals surface area (Å²) in [6.07, 6.45) is 1.91. The van der Waals surface area contributed by atoms with E-state index >= 15 is 0 Å². The van der Waals surface area contributed by atoms with E-state index in [-0.39, 0.29) is 11.9 Å². The van der Waals surface area contributed by atoms with Gasteiger partial charge in [-0.25, -0.2) is 0 Å². The molecule has 1 saturated heterocycles. The van der Waals surface area contributed by atoms with Crippen molar-refractivity contribution in [3.8, 4) is 5.75 Å². The zero-order chi connectivity index (χ0) is 22.5. The number of aryl methyl sites for hydroxylation is 2. The van der Waals surface area contributed by atoms with Crippen molar-refractivity contribution < 1.29 is 9.53 Å². The Hall–Kier alpha value is -3.11. The fourth-order valence-corrected chi connectivity index (χ4v) is 4.47. The van der Waals surface area contributed by atoms with Crippen molar-refractivity contribution in [2.75, 3.05) is 25.1 Å². The molecule has 0 aromatic heterocycles. The third-order valence-corrected chi connectivity index (χ3v) is 6.26. The van der Waals surface area contributed by atoms with E-state index in [0.29, 0.717) is 0 Å². The van der Waals surface area contributed by atoms with Crippen LogP contribution >= 0.6 is 0 Å². The molecule has 166 valence electrons. The van der Waals surface area contributed by atoms with Gasteiger partial charge in [0.25, 0.3) is 5.91 Å². The molecule has 4 nitrogen and oxygen atoms in total. The van der Waals surface area contributed by atoms with Crippen molar-refractivity contribution in [1.29, 1.82) is 0 Å². The van der Waals surface area contributed by atoms with Crippen LogP contribution in [0.4, 0.5) is 5.69 Å². The minimum Gasteiger partial charge on any atom is -0.497 e. The molecule has 1 aliphatic rings. The summed E-state index contributed by atoms with van der Waals surface area (Å²) in [7, 11) is 1.70. The zero-order valence-electron chi connectivity index (χ0n) is 19.3. The van der Waals surface area contributed by atoms with Crippen LogP contribution in [-0.2, 0) is 6.54 Å². The van der Waals surface area contributed by atoms with E-state index in [4.69, 9.17) is 4.74 Å². The Kier molecular flexibility index (Phi) is 6.91. The lowest BCUT2D eigenvalue weighted by molar-refractivity contribution is 0.0958. The number of rotatable bonds is 6. The molecule has 0 unspecified atom stereocenters. The average Bonchev–Trinajstić information content (AvgIpc) is 2.81. The summed E-state index contributed by atoms with van der Waals surface area (Å²) in [5.41, 5.74) is 5.32. The number of methoxy groups -OCH3 is 1. The highest BCUT2D eigenvalue weighted by molar-refractivity contribution is 6.06. The van der Waals surface area contributed by atoms with Crippen LogP contribution in [0.5, 0.6) is 5.75 Å². The summed E-state index contributed by atoms with van der Waals surface area (Å²) in [6, 6.07) is 24.7. The molecule has 1 aliphatic heterocycles. The van der Waals surface area contributed by atoms with E-state index in [1.807, 2.05) is 54.3 Å². The van der Waals surface area contributed by atoms with Gasteiger partial charge in [0.15, 0.2) is 0 Å². The van der Waals surface area contributed by atoms with Gasteiger partial charge in [0, 0.05) is 36.9 Å².